The summed E-state index contributed by atoms with van der Waals surface area (Å²) < 4.78 is 2.72. The Hall–Kier alpha value is -2.98. The number of hydrogen-bond donors (Lipinski definition) is 0. The molecule has 0 aliphatic heterocycles. The number of hydrogen-bond acceptors (Lipinski definition) is 2. The van der Waals surface area contributed by atoms with Gasteiger partial charge in [-0.3, -0.25) is 9.36 Å². The topological polar surface area (TPSA) is 34.9 Å². The van der Waals surface area contributed by atoms with Crippen LogP contribution in [-0.2, 0) is 0 Å². The molecule has 4 rings (SSSR count). The van der Waals surface area contributed by atoms with Gasteiger partial charge in [0.1, 0.15) is 5.82 Å². The third-order valence-corrected chi connectivity index (χ3v) is 4.98. The third-order valence-electron chi connectivity index (χ3n) is 4.45. The Morgan fingerprint density at radius 2 is 1.59 bits per heavy atom. The third kappa shape index (κ3) is 3.49. The van der Waals surface area contributed by atoms with Crippen molar-refractivity contribution >= 4 is 39.0 Å². The molecular weight excluding hydrogens is 400 g/mol. The first-order valence-electron chi connectivity index (χ1n) is 8.65. The summed E-state index contributed by atoms with van der Waals surface area (Å²) in [6.07, 6.45) is 3.86. The normalized spacial score (nSPS) is 11.3. The minimum Gasteiger partial charge on any atom is -0.268 e. The van der Waals surface area contributed by atoms with Gasteiger partial charge in [-0.05, 0) is 54.5 Å². The van der Waals surface area contributed by atoms with E-state index in [4.69, 9.17) is 4.98 Å². The summed E-state index contributed by atoms with van der Waals surface area (Å²) in [6, 6.07) is 23.3. The van der Waals surface area contributed by atoms with E-state index in [-0.39, 0.29) is 5.56 Å². The average Bonchev–Trinajstić information content (AvgIpc) is 2.69. The predicted octanol–water partition coefficient (Wildman–Crippen LogP) is 5.63. The zero-order valence-electron chi connectivity index (χ0n) is 14.8. The van der Waals surface area contributed by atoms with Gasteiger partial charge >= 0.3 is 0 Å². The predicted molar refractivity (Wildman–Crippen MR) is 115 cm³/mol. The van der Waals surface area contributed by atoms with Crippen LogP contribution in [0.15, 0.2) is 82.1 Å². The molecule has 1 aromatic heterocycles. The van der Waals surface area contributed by atoms with Gasteiger partial charge in [0.2, 0.25) is 0 Å². The number of halogens is 1. The first kappa shape index (κ1) is 17.4. The van der Waals surface area contributed by atoms with Crippen molar-refractivity contribution in [3.05, 3.63) is 105 Å². The SMILES string of the molecule is Cc1ccccc1-n1c(C=Cc2ccc(Br)cc2)nc2ccccc2c1=O. The minimum absolute atomic E-state index is 0.0645. The van der Waals surface area contributed by atoms with E-state index in [0.717, 1.165) is 21.3 Å². The zero-order valence-corrected chi connectivity index (χ0v) is 16.3. The molecule has 0 N–H and O–H groups in total. The molecule has 1 heterocycles. The number of benzene rings is 3. The standard InChI is InChI=1S/C23H17BrN2O/c1-16-6-2-5-9-21(16)26-22(15-12-17-10-13-18(24)14-11-17)25-20-8-4-3-7-19(20)23(26)27/h2-15H,1H3. The highest BCUT2D eigenvalue weighted by molar-refractivity contribution is 9.10. The summed E-state index contributed by atoms with van der Waals surface area (Å²) >= 11 is 3.45. The van der Waals surface area contributed by atoms with Crippen LogP contribution in [0.3, 0.4) is 0 Å². The van der Waals surface area contributed by atoms with Crippen molar-refractivity contribution in [2.24, 2.45) is 0 Å². The van der Waals surface area contributed by atoms with Crippen LogP contribution in [0.5, 0.6) is 0 Å². The second-order valence-corrected chi connectivity index (χ2v) is 7.21. The highest BCUT2D eigenvalue weighted by Gasteiger charge is 2.12. The maximum atomic E-state index is 13.2. The van der Waals surface area contributed by atoms with Crippen molar-refractivity contribution in [3.8, 4) is 5.69 Å². The Morgan fingerprint density at radius 3 is 2.37 bits per heavy atom. The van der Waals surface area contributed by atoms with Gasteiger partial charge in [0.05, 0.1) is 16.6 Å². The molecule has 0 amide bonds. The Kier molecular flexibility index (Phi) is 4.73. The van der Waals surface area contributed by atoms with Crippen LogP contribution in [0.1, 0.15) is 17.0 Å². The van der Waals surface area contributed by atoms with Gasteiger partial charge in [-0.2, -0.15) is 0 Å². The molecule has 0 atom stereocenters. The number of aryl methyl sites for hydroxylation is 1. The summed E-state index contributed by atoms with van der Waals surface area (Å²) in [5.74, 6) is 0.607. The molecule has 0 saturated carbocycles. The van der Waals surface area contributed by atoms with Crippen LogP contribution in [0.25, 0.3) is 28.7 Å². The van der Waals surface area contributed by atoms with Gasteiger partial charge in [-0.25, -0.2) is 4.98 Å². The lowest BCUT2D eigenvalue weighted by Gasteiger charge is -2.13. The van der Waals surface area contributed by atoms with Crippen LogP contribution in [0.4, 0.5) is 0 Å². The van der Waals surface area contributed by atoms with E-state index in [1.165, 1.54) is 0 Å². The van der Waals surface area contributed by atoms with E-state index in [0.29, 0.717) is 16.7 Å². The smallest absolute Gasteiger partial charge is 0.266 e. The fourth-order valence-corrected chi connectivity index (χ4v) is 3.32. The van der Waals surface area contributed by atoms with Crippen molar-refractivity contribution < 1.29 is 0 Å². The summed E-state index contributed by atoms with van der Waals surface area (Å²) in [7, 11) is 0. The average molecular weight is 417 g/mol. The quantitative estimate of drug-likeness (QED) is 0.433. The van der Waals surface area contributed by atoms with E-state index < -0.39 is 0 Å². The maximum absolute atomic E-state index is 13.2. The van der Waals surface area contributed by atoms with Crippen molar-refractivity contribution in [1.29, 1.82) is 0 Å². The van der Waals surface area contributed by atoms with E-state index >= 15 is 0 Å². The van der Waals surface area contributed by atoms with Crippen LogP contribution in [-0.4, -0.2) is 9.55 Å². The van der Waals surface area contributed by atoms with Crippen molar-refractivity contribution in [2.45, 2.75) is 6.92 Å². The van der Waals surface area contributed by atoms with E-state index in [1.807, 2.05) is 91.9 Å². The van der Waals surface area contributed by atoms with Crippen molar-refractivity contribution in [2.75, 3.05) is 0 Å². The summed E-state index contributed by atoms with van der Waals surface area (Å²) in [6.45, 7) is 2.00. The number of para-hydroxylation sites is 2. The summed E-state index contributed by atoms with van der Waals surface area (Å²) in [5.41, 5.74) is 3.54. The molecule has 0 spiro atoms. The second kappa shape index (κ2) is 7.33. The van der Waals surface area contributed by atoms with Gasteiger partial charge in [-0.15, -0.1) is 0 Å². The lowest BCUT2D eigenvalue weighted by atomic mass is 10.1. The lowest BCUT2D eigenvalue weighted by Crippen LogP contribution is -2.23. The van der Waals surface area contributed by atoms with Crippen LogP contribution in [0, 0.1) is 6.92 Å². The molecule has 132 valence electrons. The largest absolute Gasteiger partial charge is 0.268 e. The summed E-state index contributed by atoms with van der Waals surface area (Å²) in [5, 5.41) is 0.613. The van der Waals surface area contributed by atoms with E-state index in [9.17, 15) is 4.79 Å². The molecule has 0 aliphatic carbocycles. The Balaban J connectivity index is 1.95. The van der Waals surface area contributed by atoms with Crippen LogP contribution >= 0.6 is 15.9 Å². The zero-order chi connectivity index (χ0) is 18.8. The number of nitrogens with zero attached hydrogens (tertiary/aromatic N) is 2. The minimum atomic E-state index is -0.0645. The highest BCUT2D eigenvalue weighted by atomic mass is 79.9. The number of rotatable bonds is 3. The molecule has 0 unspecified atom stereocenters. The Bertz CT molecular complexity index is 1210. The molecule has 0 fully saturated rings. The maximum Gasteiger partial charge on any atom is 0.266 e. The highest BCUT2D eigenvalue weighted by Crippen LogP contribution is 2.18. The molecule has 27 heavy (non-hydrogen) atoms. The molecule has 3 nitrogen and oxygen atoms in total. The lowest BCUT2D eigenvalue weighted by molar-refractivity contribution is 0.934. The first-order valence-corrected chi connectivity index (χ1v) is 9.44. The molecule has 0 bridgehead atoms. The van der Waals surface area contributed by atoms with Gasteiger partial charge in [-0.1, -0.05) is 64.5 Å². The van der Waals surface area contributed by atoms with Crippen molar-refractivity contribution in [3.63, 3.8) is 0 Å². The van der Waals surface area contributed by atoms with Gasteiger partial charge in [0, 0.05) is 4.47 Å². The molecule has 3 aromatic carbocycles. The van der Waals surface area contributed by atoms with Gasteiger partial charge < -0.3 is 0 Å². The molecule has 0 aliphatic rings. The molecule has 0 radical (unpaired) electrons. The molecule has 4 aromatic rings. The van der Waals surface area contributed by atoms with Crippen molar-refractivity contribution in [1.82, 2.24) is 9.55 Å². The molecule has 4 heteroatoms. The summed E-state index contributed by atoms with van der Waals surface area (Å²) in [4.78, 5) is 18.0. The second-order valence-electron chi connectivity index (χ2n) is 6.30. The van der Waals surface area contributed by atoms with Crippen LogP contribution in [0.2, 0.25) is 0 Å². The monoisotopic (exact) mass is 416 g/mol. The number of aromatic nitrogens is 2. The van der Waals surface area contributed by atoms with Gasteiger partial charge in [0.15, 0.2) is 0 Å². The molecule has 0 saturated heterocycles. The Labute approximate surface area is 165 Å². The fourth-order valence-electron chi connectivity index (χ4n) is 3.05. The van der Waals surface area contributed by atoms with Crippen LogP contribution < -0.4 is 5.56 Å². The van der Waals surface area contributed by atoms with Gasteiger partial charge in [0.25, 0.3) is 5.56 Å². The fraction of sp³-hybridized carbons (Fsp3) is 0.0435. The Morgan fingerprint density at radius 1 is 0.889 bits per heavy atom. The first-order chi connectivity index (χ1) is 13.1. The number of fused-ring (bicyclic) bond motifs is 1. The van der Waals surface area contributed by atoms with E-state index in [1.54, 1.807) is 4.57 Å². The van der Waals surface area contributed by atoms with E-state index in [2.05, 4.69) is 15.9 Å². The molecular formula is C23H17BrN2O.